The number of carbonyl (C=O) groups is 1. The smallest absolute Gasteiger partial charge is 0.232 e. The topological polar surface area (TPSA) is 72.1 Å². The number of carbonyl (C=O) groups excluding carboxylic acids is 1. The summed E-state index contributed by atoms with van der Waals surface area (Å²) in [7, 11) is 0. The van der Waals surface area contributed by atoms with E-state index in [0.29, 0.717) is 24.7 Å². The Kier molecular flexibility index (Phi) is 4.67. The maximum Gasteiger partial charge on any atom is 0.232 e. The van der Waals surface area contributed by atoms with E-state index in [-0.39, 0.29) is 11.8 Å². The zero-order valence-electron chi connectivity index (χ0n) is 16.7. The molecule has 1 fully saturated rings. The molecule has 0 spiro atoms. The monoisotopic (exact) mass is 416 g/mol. The Hall–Kier alpha value is -3.32. The average Bonchev–Trinajstić information content (AvgIpc) is 3.48. The van der Waals surface area contributed by atoms with E-state index in [9.17, 15) is 4.79 Å². The highest BCUT2D eigenvalue weighted by molar-refractivity contribution is 7.09. The molecule has 0 bridgehead atoms. The fourth-order valence-corrected chi connectivity index (χ4v) is 4.30. The molecule has 1 saturated heterocycles. The van der Waals surface area contributed by atoms with Crippen molar-refractivity contribution in [3.05, 3.63) is 70.4 Å². The Balaban J connectivity index is 1.37. The summed E-state index contributed by atoms with van der Waals surface area (Å²) in [6.45, 7) is 4.57. The Bertz CT molecular complexity index is 1210. The highest BCUT2D eigenvalue weighted by Gasteiger charge is 2.35. The molecule has 5 rings (SSSR count). The van der Waals surface area contributed by atoms with Crippen LogP contribution in [-0.4, -0.2) is 27.6 Å². The van der Waals surface area contributed by atoms with Gasteiger partial charge >= 0.3 is 0 Å². The van der Waals surface area contributed by atoms with Crippen molar-refractivity contribution in [2.75, 3.05) is 11.4 Å². The molecular formula is C23H20N4O2S. The van der Waals surface area contributed by atoms with E-state index in [2.05, 4.69) is 15.1 Å². The lowest BCUT2D eigenvalue weighted by molar-refractivity contribution is -0.117. The quantitative estimate of drug-likeness (QED) is 0.468. The Labute approximate surface area is 178 Å². The van der Waals surface area contributed by atoms with E-state index >= 15 is 0 Å². The van der Waals surface area contributed by atoms with Crippen LogP contribution in [0.2, 0.25) is 0 Å². The Morgan fingerprint density at radius 1 is 1.07 bits per heavy atom. The molecule has 0 radical (unpaired) electrons. The highest BCUT2D eigenvalue weighted by atomic mass is 32.1. The molecule has 1 amide bonds. The summed E-state index contributed by atoms with van der Waals surface area (Å²) in [5.41, 5.74) is 4.90. The molecule has 150 valence electrons. The summed E-state index contributed by atoms with van der Waals surface area (Å²) in [4.78, 5) is 23.5. The van der Waals surface area contributed by atoms with Crippen molar-refractivity contribution >= 4 is 22.9 Å². The van der Waals surface area contributed by atoms with Gasteiger partial charge in [0, 0.05) is 35.2 Å². The highest BCUT2D eigenvalue weighted by Crippen LogP contribution is 2.32. The second kappa shape index (κ2) is 7.50. The van der Waals surface area contributed by atoms with E-state index < -0.39 is 0 Å². The van der Waals surface area contributed by atoms with Crippen LogP contribution in [-0.2, 0) is 4.79 Å². The number of rotatable bonds is 4. The molecule has 0 aliphatic carbocycles. The van der Waals surface area contributed by atoms with Gasteiger partial charge in [-0.05, 0) is 32.0 Å². The first kappa shape index (κ1) is 18.7. The van der Waals surface area contributed by atoms with Gasteiger partial charge in [-0.1, -0.05) is 41.1 Å². The van der Waals surface area contributed by atoms with E-state index in [4.69, 9.17) is 4.52 Å². The van der Waals surface area contributed by atoms with Crippen molar-refractivity contribution in [3.8, 4) is 22.6 Å². The SMILES string of the molecule is Cc1ccc(N2C[C@@H](c3nc(-c4cccc(-c5csc(C)n5)c4)no3)CC2=O)cc1. The van der Waals surface area contributed by atoms with E-state index in [0.717, 1.165) is 27.5 Å². The van der Waals surface area contributed by atoms with Crippen LogP contribution in [0.5, 0.6) is 0 Å². The van der Waals surface area contributed by atoms with Crippen LogP contribution in [0, 0.1) is 13.8 Å². The molecule has 0 unspecified atom stereocenters. The second-order valence-electron chi connectivity index (χ2n) is 7.53. The molecule has 0 N–H and O–H groups in total. The number of amides is 1. The van der Waals surface area contributed by atoms with Gasteiger partial charge in [-0.3, -0.25) is 4.79 Å². The van der Waals surface area contributed by atoms with Gasteiger partial charge in [0.05, 0.1) is 16.6 Å². The second-order valence-corrected chi connectivity index (χ2v) is 8.59. The van der Waals surface area contributed by atoms with Crippen molar-refractivity contribution in [2.24, 2.45) is 0 Å². The van der Waals surface area contributed by atoms with Crippen LogP contribution >= 0.6 is 11.3 Å². The van der Waals surface area contributed by atoms with Crippen LogP contribution in [0.25, 0.3) is 22.6 Å². The Morgan fingerprint density at radius 3 is 2.63 bits per heavy atom. The molecule has 1 aliphatic heterocycles. The summed E-state index contributed by atoms with van der Waals surface area (Å²) in [6, 6.07) is 15.9. The number of hydrogen-bond donors (Lipinski definition) is 0. The minimum atomic E-state index is -0.107. The molecule has 30 heavy (non-hydrogen) atoms. The van der Waals surface area contributed by atoms with Crippen molar-refractivity contribution < 1.29 is 9.32 Å². The van der Waals surface area contributed by atoms with Gasteiger partial charge in [0.2, 0.25) is 17.6 Å². The fraction of sp³-hybridized carbons (Fsp3) is 0.217. The molecule has 4 aromatic rings. The summed E-state index contributed by atoms with van der Waals surface area (Å²) >= 11 is 1.62. The predicted octanol–water partition coefficient (Wildman–Crippen LogP) is 5.00. The summed E-state index contributed by atoms with van der Waals surface area (Å²) in [6.07, 6.45) is 0.369. The molecule has 0 saturated carbocycles. The number of benzene rings is 2. The lowest BCUT2D eigenvalue weighted by Gasteiger charge is -2.16. The molecule has 1 atom stereocenters. The number of anilines is 1. The van der Waals surface area contributed by atoms with E-state index in [1.807, 2.05) is 67.8 Å². The lowest BCUT2D eigenvalue weighted by atomic mass is 10.1. The summed E-state index contributed by atoms with van der Waals surface area (Å²) < 4.78 is 5.55. The van der Waals surface area contributed by atoms with Gasteiger partial charge in [0.25, 0.3) is 0 Å². The standard InChI is InChI=1S/C23H20N4O2S/c1-14-6-8-19(9-7-14)27-12-18(11-21(27)28)23-25-22(26-29-23)17-5-3-4-16(10-17)20-13-30-15(2)24-20/h3-10,13,18H,11-12H2,1-2H3/t18-/m0/s1. The minimum absolute atomic E-state index is 0.0736. The number of nitrogens with zero attached hydrogens (tertiary/aromatic N) is 4. The number of hydrogen-bond acceptors (Lipinski definition) is 6. The first-order valence-electron chi connectivity index (χ1n) is 9.80. The third-order valence-electron chi connectivity index (χ3n) is 5.30. The van der Waals surface area contributed by atoms with Crippen LogP contribution in [0.1, 0.15) is 28.8 Å². The number of aryl methyl sites for hydroxylation is 2. The van der Waals surface area contributed by atoms with Crippen LogP contribution in [0.15, 0.2) is 58.4 Å². The van der Waals surface area contributed by atoms with Gasteiger partial charge < -0.3 is 9.42 Å². The number of thiazole rings is 1. The van der Waals surface area contributed by atoms with Crippen LogP contribution in [0.3, 0.4) is 0 Å². The largest absolute Gasteiger partial charge is 0.339 e. The van der Waals surface area contributed by atoms with Gasteiger partial charge in [-0.25, -0.2) is 4.98 Å². The zero-order valence-corrected chi connectivity index (χ0v) is 17.5. The third-order valence-corrected chi connectivity index (χ3v) is 6.07. The zero-order chi connectivity index (χ0) is 20.7. The fourth-order valence-electron chi connectivity index (χ4n) is 3.68. The van der Waals surface area contributed by atoms with Crippen molar-refractivity contribution in [3.63, 3.8) is 0 Å². The molecule has 7 heteroatoms. The van der Waals surface area contributed by atoms with Gasteiger partial charge in [-0.15, -0.1) is 11.3 Å². The summed E-state index contributed by atoms with van der Waals surface area (Å²) in [5.74, 6) is 0.997. The van der Waals surface area contributed by atoms with Crippen LogP contribution < -0.4 is 4.90 Å². The molecule has 2 aromatic heterocycles. The molecule has 6 nitrogen and oxygen atoms in total. The van der Waals surface area contributed by atoms with E-state index in [1.54, 1.807) is 16.2 Å². The van der Waals surface area contributed by atoms with Crippen molar-refractivity contribution in [1.29, 1.82) is 0 Å². The summed E-state index contributed by atoms with van der Waals surface area (Å²) in [5, 5.41) is 7.24. The Morgan fingerprint density at radius 2 is 1.87 bits per heavy atom. The van der Waals surface area contributed by atoms with Crippen molar-refractivity contribution in [2.45, 2.75) is 26.2 Å². The first-order chi connectivity index (χ1) is 14.6. The first-order valence-corrected chi connectivity index (χ1v) is 10.7. The maximum absolute atomic E-state index is 12.6. The molecular weight excluding hydrogens is 396 g/mol. The van der Waals surface area contributed by atoms with Gasteiger partial charge in [0.15, 0.2) is 0 Å². The average molecular weight is 417 g/mol. The third kappa shape index (κ3) is 3.52. The van der Waals surface area contributed by atoms with Gasteiger partial charge in [-0.2, -0.15) is 4.98 Å². The van der Waals surface area contributed by atoms with E-state index in [1.165, 1.54) is 5.56 Å². The lowest BCUT2D eigenvalue weighted by Crippen LogP contribution is -2.24. The predicted molar refractivity (Wildman–Crippen MR) is 116 cm³/mol. The molecule has 1 aliphatic rings. The van der Waals surface area contributed by atoms with Crippen LogP contribution in [0.4, 0.5) is 5.69 Å². The van der Waals surface area contributed by atoms with Gasteiger partial charge in [0.1, 0.15) is 0 Å². The molecule has 3 heterocycles. The van der Waals surface area contributed by atoms with Crippen molar-refractivity contribution in [1.82, 2.24) is 15.1 Å². The maximum atomic E-state index is 12.6. The minimum Gasteiger partial charge on any atom is -0.339 e. The molecule has 2 aromatic carbocycles. The normalized spacial score (nSPS) is 16.4. The number of aromatic nitrogens is 3.